The van der Waals surface area contributed by atoms with E-state index in [0.717, 1.165) is 24.8 Å². The zero-order valence-corrected chi connectivity index (χ0v) is 17.7. The lowest BCUT2D eigenvalue weighted by atomic mass is 9.56. The van der Waals surface area contributed by atoms with Gasteiger partial charge in [0.25, 0.3) is 0 Å². The van der Waals surface area contributed by atoms with Crippen molar-refractivity contribution in [1.82, 2.24) is 0 Å². The van der Waals surface area contributed by atoms with E-state index < -0.39 is 27.9 Å². The van der Waals surface area contributed by atoms with Crippen molar-refractivity contribution in [3.63, 3.8) is 0 Å². The van der Waals surface area contributed by atoms with E-state index in [4.69, 9.17) is 14.2 Å². The second-order valence-electron chi connectivity index (χ2n) is 10.4. The molecule has 0 aromatic carbocycles. The summed E-state index contributed by atoms with van der Waals surface area (Å²) in [5.41, 5.74) is -1.58. The minimum absolute atomic E-state index is 0.0605. The monoisotopic (exact) mass is 402 g/mol. The summed E-state index contributed by atoms with van der Waals surface area (Å²) in [6.07, 6.45) is 4.31. The van der Waals surface area contributed by atoms with Crippen molar-refractivity contribution < 1.29 is 28.6 Å². The summed E-state index contributed by atoms with van der Waals surface area (Å²) in [7, 11) is 1.42. The van der Waals surface area contributed by atoms with Gasteiger partial charge in [0.15, 0.2) is 0 Å². The number of hydrogen-bond donors (Lipinski definition) is 0. The van der Waals surface area contributed by atoms with Gasteiger partial charge < -0.3 is 14.2 Å². The highest BCUT2D eigenvalue weighted by Crippen LogP contribution is 2.79. The van der Waals surface area contributed by atoms with Crippen molar-refractivity contribution in [1.29, 1.82) is 0 Å². The van der Waals surface area contributed by atoms with Gasteiger partial charge in [0.05, 0.1) is 18.4 Å². The average molecular weight is 402 g/mol. The molecule has 0 unspecified atom stereocenters. The Morgan fingerprint density at radius 3 is 2.62 bits per heavy atom. The van der Waals surface area contributed by atoms with Crippen LogP contribution < -0.4 is 0 Å². The molecule has 29 heavy (non-hydrogen) atoms. The van der Waals surface area contributed by atoms with Crippen molar-refractivity contribution in [2.45, 2.75) is 70.5 Å². The maximum Gasteiger partial charge on any atom is 0.313 e. The summed E-state index contributed by atoms with van der Waals surface area (Å²) < 4.78 is 17.4. The first-order chi connectivity index (χ1) is 13.6. The van der Waals surface area contributed by atoms with Crippen LogP contribution in [0.15, 0.2) is 12.2 Å². The molecule has 1 aliphatic heterocycles. The zero-order chi connectivity index (χ0) is 21.0. The minimum Gasteiger partial charge on any atom is -0.469 e. The number of hydrogen-bond acceptors (Lipinski definition) is 6. The van der Waals surface area contributed by atoms with Gasteiger partial charge in [-0.15, -0.1) is 0 Å². The zero-order valence-electron chi connectivity index (χ0n) is 17.7. The van der Waals surface area contributed by atoms with Crippen molar-refractivity contribution in [3.8, 4) is 0 Å². The lowest BCUT2D eigenvalue weighted by Crippen LogP contribution is -2.50. The molecule has 6 heteroatoms. The molecule has 4 saturated carbocycles. The summed E-state index contributed by atoms with van der Waals surface area (Å²) >= 11 is 0. The van der Waals surface area contributed by atoms with E-state index in [0.29, 0.717) is 19.3 Å². The second-order valence-corrected chi connectivity index (χ2v) is 10.4. The first kappa shape index (κ1) is 19.1. The average Bonchev–Trinajstić information content (AvgIpc) is 3.08. The van der Waals surface area contributed by atoms with Crippen molar-refractivity contribution in [2.24, 2.45) is 34.5 Å². The molecule has 8 atom stereocenters. The standard InChI is InChI=1S/C23H30O6/c1-12-6-9-23-15-7-8-22(28-14(3)24)11-21(15,10-13(22)2)16(18(25)27-5)17(23)20(12,4)19(26)29-23/h12,15-17H,2,6-11H2,1,3-5H3/t12-,15+,16+,17+,20+,21-,22-,23+/m0/s1. The van der Waals surface area contributed by atoms with Gasteiger partial charge in [-0.25, -0.2) is 0 Å². The highest BCUT2D eigenvalue weighted by molar-refractivity contribution is 5.85. The molecule has 5 fully saturated rings. The Kier molecular flexibility index (Phi) is 3.59. The van der Waals surface area contributed by atoms with Crippen molar-refractivity contribution in [3.05, 3.63) is 12.2 Å². The van der Waals surface area contributed by atoms with Gasteiger partial charge in [-0.1, -0.05) is 13.5 Å². The Hall–Kier alpha value is -1.85. The van der Waals surface area contributed by atoms with Crippen LogP contribution in [0.25, 0.3) is 0 Å². The van der Waals surface area contributed by atoms with Crippen LogP contribution in [-0.4, -0.2) is 36.2 Å². The van der Waals surface area contributed by atoms with Gasteiger partial charge in [0.1, 0.15) is 11.2 Å². The lowest BCUT2D eigenvalue weighted by molar-refractivity contribution is -0.169. The van der Waals surface area contributed by atoms with Gasteiger partial charge in [-0.05, 0) is 62.4 Å². The third kappa shape index (κ3) is 1.92. The van der Waals surface area contributed by atoms with Crippen LogP contribution in [0, 0.1) is 34.5 Å². The van der Waals surface area contributed by atoms with Gasteiger partial charge in [-0.3, -0.25) is 14.4 Å². The fraction of sp³-hybridized carbons (Fsp3) is 0.783. The van der Waals surface area contributed by atoms with Gasteiger partial charge in [-0.2, -0.15) is 0 Å². The largest absolute Gasteiger partial charge is 0.469 e. The molecule has 5 rings (SSSR count). The molecule has 0 amide bonds. The van der Waals surface area contributed by atoms with E-state index in [1.54, 1.807) is 0 Å². The van der Waals surface area contributed by atoms with Gasteiger partial charge in [0, 0.05) is 18.8 Å². The third-order valence-electron chi connectivity index (χ3n) is 9.56. The van der Waals surface area contributed by atoms with Crippen LogP contribution in [-0.2, 0) is 28.6 Å². The topological polar surface area (TPSA) is 78.9 Å². The van der Waals surface area contributed by atoms with Crippen LogP contribution >= 0.6 is 0 Å². The van der Waals surface area contributed by atoms with E-state index in [1.165, 1.54) is 14.0 Å². The van der Waals surface area contributed by atoms with Crippen LogP contribution in [0.5, 0.6) is 0 Å². The number of methoxy groups -OCH3 is 1. The Balaban J connectivity index is 1.70. The summed E-state index contributed by atoms with van der Waals surface area (Å²) in [6, 6.07) is 0. The summed E-state index contributed by atoms with van der Waals surface area (Å²) in [5.74, 6) is -1.21. The Morgan fingerprint density at radius 1 is 1.24 bits per heavy atom. The second kappa shape index (κ2) is 5.44. The number of ether oxygens (including phenoxy) is 3. The smallest absolute Gasteiger partial charge is 0.313 e. The number of rotatable bonds is 2. The van der Waals surface area contributed by atoms with Crippen LogP contribution in [0.3, 0.4) is 0 Å². The predicted octanol–water partition coefficient (Wildman–Crippen LogP) is 3.19. The lowest BCUT2D eigenvalue weighted by Gasteiger charge is -2.46. The summed E-state index contributed by atoms with van der Waals surface area (Å²) in [5, 5.41) is 0. The van der Waals surface area contributed by atoms with Gasteiger partial charge >= 0.3 is 17.9 Å². The van der Waals surface area contributed by atoms with E-state index in [2.05, 4.69) is 13.5 Å². The Labute approximate surface area is 171 Å². The number of fused-ring (bicyclic) bond motifs is 1. The molecule has 158 valence electrons. The molecular formula is C23H30O6. The minimum atomic E-state index is -0.714. The van der Waals surface area contributed by atoms with E-state index in [-0.39, 0.29) is 35.7 Å². The fourth-order valence-electron chi connectivity index (χ4n) is 8.41. The first-order valence-electron chi connectivity index (χ1n) is 10.8. The van der Waals surface area contributed by atoms with Crippen LogP contribution in [0.1, 0.15) is 59.3 Å². The molecule has 1 heterocycles. The Bertz CT molecular complexity index is 848. The first-order valence-corrected chi connectivity index (χ1v) is 10.8. The number of carbonyl (C=O) groups is 3. The highest BCUT2D eigenvalue weighted by atomic mass is 16.6. The molecule has 0 radical (unpaired) electrons. The molecule has 4 bridgehead atoms. The number of esters is 3. The summed E-state index contributed by atoms with van der Waals surface area (Å²) in [4.78, 5) is 38.3. The SMILES string of the molecule is C=C1C[C@]23C[C@@]1(OC(C)=O)CC[C@H]2[C@@]12CC[C@H](C)[C@@](C)(C(=O)O1)[C@H]2[C@@H]3C(=O)OC. The van der Waals surface area contributed by atoms with Crippen LogP contribution in [0.2, 0.25) is 0 Å². The molecular weight excluding hydrogens is 372 g/mol. The maximum atomic E-state index is 13.3. The van der Waals surface area contributed by atoms with E-state index in [9.17, 15) is 14.4 Å². The molecule has 1 spiro atoms. The molecule has 0 N–H and O–H groups in total. The predicted molar refractivity (Wildman–Crippen MR) is 102 cm³/mol. The highest BCUT2D eigenvalue weighted by Gasteiger charge is 2.84. The molecule has 6 nitrogen and oxygen atoms in total. The van der Waals surface area contributed by atoms with Crippen molar-refractivity contribution >= 4 is 17.9 Å². The quantitative estimate of drug-likeness (QED) is 0.401. The fourth-order valence-corrected chi connectivity index (χ4v) is 8.41. The van der Waals surface area contributed by atoms with Crippen LogP contribution in [0.4, 0.5) is 0 Å². The third-order valence-corrected chi connectivity index (χ3v) is 9.56. The van der Waals surface area contributed by atoms with E-state index in [1.807, 2.05) is 6.92 Å². The summed E-state index contributed by atoms with van der Waals surface area (Å²) in [6.45, 7) is 9.79. The molecule has 0 aromatic rings. The molecule has 5 aliphatic rings. The van der Waals surface area contributed by atoms with Crippen molar-refractivity contribution in [2.75, 3.05) is 7.11 Å². The maximum absolute atomic E-state index is 13.3. The molecule has 1 saturated heterocycles. The Morgan fingerprint density at radius 2 is 1.97 bits per heavy atom. The molecule has 4 aliphatic carbocycles. The molecule has 0 aromatic heterocycles. The van der Waals surface area contributed by atoms with Gasteiger partial charge in [0.2, 0.25) is 0 Å². The number of carbonyl (C=O) groups excluding carboxylic acids is 3. The van der Waals surface area contributed by atoms with E-state index >= 15 is 0 Å². The normalized spacial score (nSPS) is 51.9.